The lowest BCUT2D eigenvalue weighted by atomic mass is 10.4. The molecular formula is C8H11N3O2. The predicted molar refractivity (Wildman–Crippen MR) is 47.5 cm³/mol. The van der Waals surface area contributed by atoms with Gasteiger partial charge in [-0.05, 0) is 18.8 Å². The van der Waals surface area contributed by atoms with Crippen LogP contribution in [0.25, 0.3) is 0 Å². The molecule has 13 heavy (non-hydrogen) atoms. The third-order valence-corrected chi connectivity index (χ3v) is 2.01. The van der Waals surface area contributed by atoms with Gasteiger partial charge in [0, 0.05) is 0 Å². The Morgan fingerprint density at radius 2 is 2.46 bits per heavy atom. The van der Waals surface area contributed by atoms with Gasteiger partial charge >= 0.3 is 0 Å². The van der Waals surface area contributed by atoms with Crippen LogP contribution in [0.2, 0.25) is 0 Å². The summed E-state index contributed by atoms with van der Waals surface area (Å²) in [5.74, 6) is 0.871. The minimum Gasteiger partial charge on any atom is -0.476 e. The van der Waals surface area contributed by atoms with Crippen molar-refractivity contribution in [2.45, 2.75) is 12.8 Å². The molecule has 1 aromatic heterocycles. The van der Waals surface area contributed by atoms with Crippen molar-refractivity contribution in [1.29, 1.82) is 0 Å². The van der Waals surface area contributed by atoms with Gasteiger partial charge in [0.05, 0.1) is 12.9 Å². The van der Waals surface area contributed by atoms with Crippen LogP contribution in [0.1, 0.15) is 12.8 Å². The molecule has 3 N–H and O–H groups in total. The molecule has 0 radical (unpaired) electrons. The van der Waals surface area contributed by atoms with Crippen molar-refractivity contribution in [2.75, 3.05) is 12.3 Å². The molecule has 1 aliphatic carbocycles. The van der Waals surface area contributed by atoms with E-state index < -0.39 is 0 Å². The zero-order valence-corrected chi connectivity index (χ0v) is 7.12. The van der Waals surface area contributed by atoms with Gasteiger partial charge in [-0.15, -0.1) is 0 Å². The highest BCUT2D eigenvalue weighted by atomic mass is 16.5. The van der Waals surface area contributed by atoms with Crippen LogP contribution in [-0.4, -0.2) is 16.6 Å². The molecule has 0 unspecified atom stereocenters. The second-order valence-electron chi connectivity index (χ2n) is 3.20. The average molecular weight is 181 g/mol. The van der Waals surface area contributed by atoms with E-state index in [0.29, 0.717) is 12.5 Å². The van der Waals surface area contributed by atoms with Crippen molar-refractivity contribution in [2.24, 2.45) is 5.92 Å². The SMILES string of the molecule is Nc1c(OCC2CC2)nc[nH]c1=O. The normalized spacial score (nSPS) is 15.7. The molecule has 0 atom stereocenters. The quantitative estimate of drug-likeness (QED) is 0.695. The topological polar surface area (TPSA) is 81.0 Å². The van der Waals surface area contributed by atoms with Gasteiger partial charge in [-0.25, -0.2) is 4.98 Å². The van der Waals surface area contributed by atoms with Crippen LogP contribution in [0, 0.1) is 5.92 Å². The molecule has 0 aromatic carbocycles. The van der Waals surface area contributed by atoms with Crippen molar-refractivity contribution < 1.29 is 4.74 Å². The summed E-state index contributed by atoms with van der Waals surface area (Å²) >= 11 is 0. The molecule has 0 spiro atoms. The second kappa shape index (κ2) is 3.08. The summed E-state index contributed by atoms with van der Waals surface area (Å²) in [5.41, 5.74) is 5.17. The smallest absolute Gasteiger partial charge is 0.277 e. The largest absolute Gasteiger partial charge is 0.476 e. The molecule has 1 heterocycles. The number of anilines is 1. The Morgan fingerprint density at radius 3 is 3.15 bits per heavy atom. The lowest BCUT2D eigenvalue weighted by molar-refractivity contribution is 0.289. The highest BCUT2D eigenvalue weighted by Gasteiger charge is 2.22. The van der Waals surface area contributed by atoms with E-state index in [1.54, 1.807) is 0 Å². The third kappa shape index (κ3) is 1.80. The van der Waals surface area contributed by atoms with Crippen LogP contribution in [0.3, 0.4) is 0 Å². The molecular weight excluding hydrogens is 170 g/mol. The van der Waals surface area contributed by atoms with Gasteiger partial charge in [0.25, 0.3) is 5.56 Å². The first-order chi connectivity index (χ1) is 6.27. The fourth-order valence-electron chi connectivity index (χ4n) is 0.990. The third-order valence-electron chi connectivity index (χ3n) is 2.01. The standard InChI is InChI=1S/C8H11N3O2/c9-6-7(12)10-4-11-8(6)13-3-5-1-2-5/h4-5H,1-3,9H2,(H,10,11,12). The molecule has 5 heteroatoms. The Labute approximate surface area is 74.9 Å². The van der Waals surface area contributed by atoms with E-state index in [4.69, 9.17) is 10.5 Å². The van der Waals surface area contributed by atoms with Crippen molar-refractivity contribution in [3.8, 4) is 5.88 Å². The van der Waals surface area contributed by atoms with E-state index in [-0.39, 0.29) is 17.1 Å². The lowest BCUT2D eigenvalue weighted by Crippen LogP contribution is -2.15. The predicted octanol–water partition coefficient (Wildman–Crippen LogP) is 0.141. The zero-order valence-electron chi connectivity index (χ0n) is 7.12. The molecule has 2 rings (SSSR count). The minimum absolute atomic E-state index is 0.0585. The summed E-state index contributed by atoms with van der Waals surface area (Å²) in [6.45, 7) is 0.612. The van der Waals surface area contributed by atoms with E-state index in [9.17, 15) is 4.79 Å². The highest BCUT2D eigenvalue weighted by molar-refractivity contribution is 5.44. The van der Waals surface area contributed by atoms with Crippen LogP contribution in [-0.2, 0) is 0 Å². The zero-order chi connectivity index (χ0) is 9.26. The van der Waals surface area contributed by atoms with Gasteiger partial charge in [-0.1, -0.05) is 0 Å². The summed E-state index contributed by atoms with van der Waals surface area (Å²) < 4.78 is 5.29. The van der Waals surface area contributed by atoms with Gasteiger partial charge < -0.3 is 15.5 Å². The van der Waals surface area contributed by atoms with Gasteiger partial charge in [0.1, 0.15) is 0 Å². The Hall–Kier alpha value is -1.52. The second-order valence-corrected chi connectivity index (χ2v) is 3.20. The van der Waals surface area contributed by atoms with Crippen LogP contribution in [0.15, 0.2) is 11.1 Å². The number of aromatic amines is 1. The number of hydrogen-bond donors (Lipinski definition) is 2. The van der Waals surface area contributed by atoms with Crippen molar-refractivity contribution in [1.82, 2.24) is 9.97 Å². The Kier molecular flexibility index (Phi) is 1.92. The summed E-state index contributed by atoms with van der Waals surface area (Å²) in [6, 6.07) is 0. The number of nitrogen functional groups attached to an aromatic ring is 1. The summed E-state index contributed by atoms with van der Waals surface area (Å²) in [6.07, 6.45) is 3.69. The molecule has 5 nitrogen and oxygen atoms in total. The van der Waals surface area contributed by atoms with Crippen LogP contribution in [0.5, 0.6) is 5.88 Å². The summed E-state index contributed by atoms with van der Waals surface area (Å²) in [4.78, 5) is 17.2. The molecule has 1 aliphatic rings. The first-order valence-corrected chi connectivity index (χ1v) is 4.23. The number of nitrogens with two attached hydrogens (primary N) is 1. The highest BCUT2D eigenvalue weighted by Crippen LogP contribution is 2.29. The van der Waals surface area contributed by atoms with Crippen LogP contribution >= 0.6 is 0 Å². The molecule has 0 aliphatic heterocycles. The summed E-state index contributed by atoms with van der Waals surface area (Å²) in [7, 11) is 0. The van der Waals surface area contributed by atoms with E-state index >= 15 is 0 Å². The van der Waals surface area contributed by atoms with Gasteiger partial charge in [0.15, 0.2) is 5.69 Å². The Morgan fingerprint density at radius 1 is 1.69 bits per heavy atom. The van der Waals surface area contributed by atoms with Gasteiger partial charge in [0.2, 0.25) is 5.88 Å². The number of aromatic nitrogens is 2. The Bertz CT molecular complexity index is 357. The van der Waals surface area contributed by atoms with Crippen LogP contribution in [0.4, 0.5) is 5.69 Å². The van der Waals surface area contributed by atoms with Crippen molar-refractivity contribution in [3.05, 3.63) is 16.7 Å². The van der Waals surface area contributed by atoms with E-state index in [1.165, 1.54) is 19.2 Å². The fraction of sp³-hybridized carbons (Fsp3) is 0.500. The van der Waals surface area contributed by atoms with Crippen molar-refractivity contribution in [3.63, 3.8) is 0 Å². The number of hydrogen-bond acceptors (Lipinski definition) is 4. The van der Waals surface area contributed by atoms with E-state index in [0.717, 1.165) is 0 Å². The molecule has 0 amide bonds. The number of nitrogens with zero attached hydrogens (tertiary/aromatic N) is 1. The maximum absolute atomic E-state index is 11.0. The van der Waals surface area contributed by atoms with E-state index in [1.807, 2.05) is 0 Å². The molecule has 1 fully saturated rings. The molecule has 70 valence electrons. The van der Waals surface area contributed by atoms with Gasteiger partial charge in [-0.3, -0.25) is 4.79 Å². The molecule has 0 saturated heterocycles. The van der Waals surface area contributed by atoms with Crippen molar-refractivity contribution >= 4 is 5.69 Å². The molecule has 1 aromatic rings. The van der Waals surface area contributed by atoms with Gasteiger partial charge in [-0.2, -0.15) is 0 Å². The number of nitrogens with one attached hydrogen (secondary N) is 1. The van der Waals surface area contributed by atoms with E-state index in [2.05, 4.69) is 9.97 Å². The molecule has 0 bridgehead atoms. The Balaban J connectivity index is 2.09. The minimum atomic E-state index is -0.346. The first kappa shape index (κ1) is 8.10. The monoisotopic (exact) mass is 181 g/mol. The van der Waals surface area contributed by atoms with Crippen LogP contribution < -0.4 is 16.0 Å². The number of ether oxygens (including phenoxy) is 1. The average Bonchev–Trinajstić information content (AvgIpc) is 2.91. The number of H-pyrrole nitrogens is 1. The fourth-order valence-corrected chi connectivity index (χ4v) is 0.990. The lowest BCUT2D eigenvalue weighted by Gasteiger charge is -2.04. The maximum atomic E-state index is 11.0. The summed E-state index contributed by atoms with van der Waals surface area (Å²) in [5, 5.41) is 0. The number of rotatable bonds is 3. The maximum Gasteiger partial charge on any atom is 0.277 e. The molecule has 1 saturated carbocycles. The first-order valence-electron chi connectivity index (χ1n) is 4.23.